The van der Waals surface area contributed by atoms with E-state index in [1.165, 1.54) is 0 Å². The molecule has 0 unspecified atom stereocenters. The van der Waals surface area contributed by atoms with Crippen LogP contribution in [-0.2, 0) is 6.61 Å². The van der Waals surface area contributed by atoms with Crippen molar-refractivity contribution in [3.8, 4) is 5.75 Å². The van der Waals surface area contributed by atoms with Crippen LogP contribution in [0.15, 0.2) is 65.2 Å². The van der Waals surface area contributed by atoms with Crippen LogP contribution in [0, 0.1) is 0 Å². The first kappa shape index (κ1) is 15.4. The molecule has 0 spiro atoms. The third-order valence-corrected chi connectivity index (χ3v) is 3.86. The molecule has 1 N–H and O–H groups in total. The van der Waals surface area contributed by atoms with E-state index >= 15 is 0 Å². The summed E-state index contributed by atoms with van der Waals surface area (Å²) in [4.78, 5) is 4.35. The number of para-hydroxylation sites is 2. The predicted molar refractivity (Wildman–Crippen MR) is 95.1 cm³/mol. The lowest BCUT2D eigenvalue weighted by Gasteiger charge is -2.06. The zero-order valence-corrected chi connectivity index (χ0v) is 13.8. The molecular weight excluding hydrogens is 340 g/mol. The van der Waals surface area contributed by atoms with Crippen molar-refractivity contribution < 1.29 is 9.15 Å². The molecule has 6 nitrogen and oxygen atoms in total. The van der Waals surface area contributed by atoms with Gasteiger partial charge in [-0.25, -0.2) is 0 Å². The van der Waals surface area contributed by atoms with Crippen molar-refractivity contribution in [1.82, 2.24) is 15.2 Å². The minimum absolute atomic E-state index is 0.146. The zero-order valence-electron chi connectivity index (χ0n) is 13.0. The number of hydrogen-bond acceptors (Lipinski definition) is 6. The fourth-order valence-corrected chi connectivity index (χ4v) is 2.56. The standard InChI is InChI=1S/C18H13ClN4O2/c19-13-7-1-2-8-14(13)21-18-23-22-16(25-18)11-24-15-9-3-5-12-6-4-10-20-17(12)15/h1-10H,11H2,(H,21,23). The number of pyridine rings is 1. The van der Waals surface area contributed by atoms with Crippen molar-refractivity contribution in [2.24, 2.45) is 0 Å². The molecule has 0 fully saturated rings. The lowest BCUT2D eigenvalue weighted by Crippen LogP contribution is -1.97. The molecule has 2 aromatic heterocycles. The largest absolute Gasteiger partial charge is 0.482 e. The number of halogens is 1. The molecule has 0 aliphatic rings. The lowest BCUT2D eigenvalue weighted by atomic mass is 10.2. The summed E-state index contributed by atoms with van der Waals surface area (Å²) in [5, 5.41) is 12.5. The molecule has 124 valence electrons. The van der Waals surface area contributed by atoms with Crippen molar-refractivity contribution in [2.75, 3.05) is 5.32 Å². The lowest BCUT2D eigenvalue weighted by molar-refractivity contribution is 0.267. The zero-order chi connectivity index (χ0) is 17.1. The van der Waals surface area contributed by atoms with Gasteiger partial charge in [-0.05, 0) is 24.3 Å². The number of benzene rings is 2. The number of aromatic nitrogens is 3. The summed E-state index contributed by atoms with van der Waals surface area (Å²) in [5.74, 6) is 1.01. The van der Waals surface area contributed by atoms with Crippen LogP contribution in [0.5, 0.6) is 5.75 Å². The maximum atomic E-state index is 6.09. The SMILES string of the molecule is Clc1ccccc1Nc1nnc(COc2cccc3cccnc23)o1. The Hall–Kier alpha value is -3.12. The molecule has 7 heteroatoms. The minimum Gasteiger partial charge on any atom is -0.482 e. The second-order valence-electron chi connectivity index (χ2n) is 5.23. The third-order valence-electron chi connectivity index (χ3n) is 3.53. The maximum Gasteiger partial charge on any atom is 0.320 e. The maximum absolute atomic E-state index is 6.09. The van der Waals surface area contributed by atoms with Crippen molar-refractivity contribution >= 4 is 34.2 Å². The summed E-state index contributed by atoms with van der Waals surface area (Å²) in [5.41, 5.74) is 1.48. The molecule has 0 saturated heterocycles. The highest BCUT2D eigenvalue weighted by Crippen LogP contribution is 2.25. The Labute approximate surface area is 148 Å². The van der Waals surface area contributed by atoms with Crippen LogP contribution in [0.2, 0.25) is 5.02 Å². The van der Waals surface area contributed by atoms with E-state index in [-0.39, 0.29) is 12.6 Å². The van der Waals surface area contributed by atoms with Crippen molar-refractivity contribution in [3.05, 3.63) is 71.7 Å². The van der Waals surface area contributed by atoms with Crippen molar-refractivity contribution in [2.45, 2.75) is 6.61 Å². The van der Waals surface area contributed by atoms with Gasteiger partial charge in [0.25, 0.3) is 5.89 Å². The number of ether oxygens (including phenoxy) is 1. The minimum atomic E-state index is 0.146. The molecular formula is C18H13ClN4O2. The first-order valence-electron chi connectivity index (χ1n) is 7.60. The van der Waals surface area contributed by atoms with Crippen LogP contribution in [0.3, 0.4) is 0 Å². The average Bonchev–Trinajstić information content (AvgIpc) is 3.09. The molecule has 0 amide bonds. The molecule has 0 aliphatic heterocycles. The molecule has 2 heterocycles. The Morgan fingerprint density at radius 1 is 1.00 bits per heavy atom. The summed E-state index contributed by atoms with van der Waals surface area (Å²) in [6, 6.07) is 17.2. The quantitative estimate of drug-likeness (QED) is 0.566. The second kappa shape index (κ2) is 6.78. The molecule has 0 aliphatic carbocycles. The van der Waals surface area contributed by atoms with Gasteiger partial charge in [0.1, 0.15) is 11.3 Å². The van der Waals surface area contributed by atoms with E-state index in [1.54, 1.807) is 12.3 Å². The van der Waals surface area contributed by atoms with Gasteiger partial charge in [0.05, 0.1) is 10.7 Å². The van der Waals surface area contributed by atoms with Gasteiger partial charge in [0, 0.05) is 11.6 Å². The summed E-state index contributed by atoms with van der Waals surface area (Å²) >= 11 is 6.09. The van der Waals surface area contributed by atoms with Gasteiger partial charge in [-0.3, -0.25) is 4.98 Å². The van der Waals surface area contributed by atoms with Crippen LogP contribution in [0.25, 0.3) is 10.9 Å². The fraction of sp³-hybridized carbons (Fsp3) is 0.0556. The number of nitrogens with one attached hydrogen (secondary N) is 1. The number of nitrogens with zero attached hydrogens (tertiary/aromatic N) is 3. The highest BCUT2D eigenvalue weighted by molar-refractivity contribution is 6.33. The van der Waals surface area contributed by atoms with Crippen LogP contribution < -0.4 is 10.1 Å². The summed E-state index contributed by atoms with van der Waals surface area (Å²) in [6.07, 6.45) is 1.73. The van der Waals surface area contributed by atoms with E-state index in [0.29, 0.717) is 22.4 Å². The van der Waals surface area contributed by atoms with Crippen molar-refractivity contribution in [3.63, 3.8) is 0 Å². The predicted octanol–water partition coefficient (Wildman–Crippen LogP) is 4.59. The van der Waals surface area contributed by atoms with Gasteiger partial charge < -0.3 is 14.5 Å². The van der Waals surface area contributed by atoms with E-state index in [9.17, 15) is 0 Å². The monoisotopic (exact) mass is 352 g/mol. The smallest absolute Gasteiger partial charge is 0.320 e. The van der Waals surface area contributed by atoms with Crippen LogP contribution in [0.1, 0.15) is 5.89 Å². The third kappa shape index (κ3) is 3.39. The van der Waals surface area contributed by atoms with Gasteiger partial charge in [-0.1, -0.05) is 47.0 Å². The Morgan fingerprint density at radius 3 is 2.80 bits per heavy atom. The number of hydrogen-bond donors (Lipinski definition) is 1. The van der Waals surface area contributed by atoms with Gasteiger partial charge in [0.2, 0.25) is 0 Å². The number of fused-ring (bicyclic) bond motifs is 1. The highest BCUT2D eigenvalue weighted by atomic mass is 35.5. The molecule has 2 aromatic carbocycles. The highest BCUT2D eigenvalue weighted by Gasteiger charge is 2.10. The van der Waals surface area contributed by atoms with E-state index in [2.05, 4.69) is 20.5 Å². The van der Waals surface area contributed by atoms with E-state index in [4.69, 9.17) is 20.8 Å². The Kier molecular flexibility index (Phi) is 4.18. The van der Waals surface area contributed by atoms with Crippen LogP contribution in [0.4, 0.5) is 11.7 Å². The van der Waals surface area contributed by atoms with Crippen LogP contribution >= 0.6 is 11.6 Å². The van der Waals surface area contributed by atoms with Crippen molar-refractivity contribution in [1.29, 1.82) is 0 Å². The molecule has 25 heavy (non-hydrogen) atoms. The normalized spacial score (nSPS) is 10.8. The summed E-state index contributed by atoms with van der Waals surface area (Å²) < 4.78 is 11.3. The van der Waals surface area contributed by atoms with Gasteiger partial charge in [-0.2, -0.15) is 0 Å². The molecule has 0 saturated carbocycles. The first-order valence-corrected chi connectivity index (χ1v) is 7.98. The second-order valence-corrected chi connectivity index (χ2v) is 5.63. The van der Waals surface area contributed by atoms with Gasteiger partial charge in [-0.15, -0.1) is 5.10 Å². The fourth-order valence-electron chi connectivity index (χ4n) is 2.37. The Morgan fingerprint density at radius 2 is 1.88 bits per heavy atom. The van der Waals surface area contributed by atoms with E-state index in [1.807, 2.05) is 48.5 Å². The summed E-state index contributed by atoms with van der Waals surface area (Å²) in [7, 11) is 0. The van der Waals surface area contributed by atoms with Gasteiger partial charge >= 0.3 is 6.01 Å². The average molecular weight is 353 g/mol. The van der Waals surface area contributed by atoms with Crippen LogP contribution in [-0.4, -0.2) is 15.2 Å². The Balaban J connectivity index is 1.47. The molecule has 0 atom stereocenters. The molecule has 4 aromatic rings. The van der Waals surface area contributed by atoms with Gasteiger partial charge in [0.15, 0.2) is 6.61 Å². The number of anilines is 2. The summed E-state index contributed by atoms with van der Waals surface area (Å²) in [6.45, 7) is 0.146. The number of rotatable bonds is 5. The van der Waals surface area contributed by atoms with E-state index < -0.39 is 0 Å². The Bertz CT molecular complexity index is 1010. The topological polar surface area (TPSA) is 73.1 Å². The first-order chi connectivity index (χ1) is 12.3. The molecule has 0 bridgehead atoms. The molecule has 4 rings (SSSR count). The molecule has 0 radical (unpaired) electrons. The van der Waals surface area contributed by atoms with E-state index in [0.717, 1.165) is 10.9 Å².